The van der Waals surface area contributed by atoms with Crippen molar-refractivity contribution in [2.24, 2.45) is 11.3 Å². The summed E-state index contributed by atoms with van der Waals surface area (Å²) in [6, 6.07) is 13.7. The molecule has 2 aromatic carbocycles. The van der Waals surface area contributed by atoms with Gasteiger partial charge in [-0.1, -0.05) is 69.3 Å². The Morgan fingerprint density at radius 2 is 1.63 bits per heavy atom. The first kappa shape index (κ1) is 24.3. The number of aliphatic carboxylic acids is 1. The van der Waals surface area contributed by atoms with Crippen molar-refractivity contribution in [2.45, 2.75) is 38.8 Å². The van der Waals surface area contributed by atoms with Crippen LogP contribution in [0.3, 0.4) is 0 Å². The minimum Gasteiger partial charge on any atom is -0.481 e. The molecule has 0 aromatic heterocycles. The molecule has 4 rings (SSSR count). The number of rotatable bonds is 6. The van der Waals surface area contributed by atoms with E-state index in [0.717, 1.165) is 22.3 Å². The van der Waals surface area contributed by atoms with E-state index in [1.807, 2.05) is 48.5 Å². The highest BCUT2D eigenvalue weighted by Crippen LogP contribution is 2.44. The van der Waals surface area contributed by atoms with Gasteiger partial charge in [-0.05, 0) is 27.7 Å². The Balaban J connectivity index is 1.44. The molecule has 0 radical (unpaired) electrons. The molecule has 4 N–H and O–H groups in total. The number of nitrogens with one attached hydrogen (secondary N) is 3. The minimum absolute atomic E-state index is 0.0703. The van der Waals surface area contributed by atoms with Crippen molar-refractivity contribution in [3.05, 3.63) is 59.7 Å². The first-order valence-electron chi connectivity index (χ1n) is 11.5. The lowest BCUT2D eigenvalue weighted by Crippen LogP contribution is -2.57. The third-order valence-corrected chi connectivity index (χ3v) is 6.53. The van der Waals surface area contributed by atoms with Crippen LogP contribution >= 0.6 is 0 Å². The number of hydrogen-bond donors (Lipinski definition) is 4. The minimum atomic E-state index is -1.21. The summed E-state index contributed by atoms with van der Waals surface area (Å²) in [5.74, 6) is -3.63. The van der Waals surface area contributed by atoms with Gasteiger partial charge in [-0.3, -0.25) is 14.4 Å². The highest BCUT2D eigenvalue weighted by Gasteiger charge is 2.43. The topological polar surface area (TPSA) is 134 Å². The van der Waals surface area contributed by atoms with Crippen LogP contribution in [0.2, 0.25) is 0 Å². The van der Waals surface area contributed by atoms with Crippen molar-refractivity contribution in [1.82, 2.24) is 16.0 Å². The van der Waals surface area contributed by atoms with Gasteiger partial charge >= 0.3 is 12.1 Å². The van der Waals surface area contributed by atoms with Crippen molar-refractivity contribution < 1.29 is 29.0 Å². The molecule has 1 fully saturated rings. The summed E-state index contributed by atoms with van der Waals surface area (Å²) in [6.45, 7) is 5.28. The summed E-state index contributed by atoms with van der Waals surface area (Å²) in [7, 11) is 0. The predicted octanol–water partition coefficient (Wildman–Crippen LogP) is 2.26. The van der Waals surface area contributed by atoms with Crippen LogP contribution in [0.25, 0.3) is 11.1 Å². The maximum absolute atomic E-state index is 13.0. The zero-order valence-electron chi connectivity index (χ0n) is 19.8. The number of carboxylic acid groups (broad SMARTS) is 1. The fraction of sp³-hybridized carbons (Fsp3) is 0.385. The van der Waals surface area contributed by atoms with E-state index in [2.05, 4.69) is 16.0 Å². The molecule has 9 nitrogen and oxygen atoms in total. The summed E-state index contributed by atoms with van der Waals surface area (Å²) >= 11 is 0. The Hall–Kier alpha value is -3.88. The number of carbonyl (C=O) groups is 4. The van der Waals surface area contributed by atoms with Gasteiger partial charge in [0.25, 0.3) is 0 Å². The van der Waals surface area contributed by atoms with E-state index in [4.69, 9.17) is 4.74 Å². The summed E-state index contributed by atoms with van der Waals surface area (Å²) in [6.07, 6.45) is -0.771. The molecular weight excluding hydrogens is 450 g/mol. The second-order valence-electron chi connectivity index (χ2n) is 9.95. The van der Waals surface area contributed by atoms with Gasteiger partial charge in [0.05, 0.1) is 0 Å². The molecule has 1 heterocycles. The van der Waals surface area contributed by atoms with Crippen LogP contribution in [0.15, 0.2) is 48.5 Å². The lowest BCUT2D eigenvalue weighted by Gasteiger charge is -2.31. The van der Waals surface area contributed by atoms with Gasteiger partial charge in [0.2, 0.25) is 11.8 Å². The molecule has 0 saturated carbocycles. The Morgan fingerprint density at radius 3 is 2.17 bits per heavy atom. The molecule has 0 bridgehead atoms. The highest BCUT2D eigenvalue weighted by molar-refractivity contribution is 5.96. The summed E-state index contributed by atoms with van der Waals surface area (Å²) in [4.78, 5) is 49.3. The lowest BCUT2D eigenvalue weighted by molar-refractivity contribution is -0.143. The number of carbonyl (C=O) groups excluding carboxylic acids is 3. The first-order chi connectivity index (χ1) is 16.6. The van der Waals surface area contributed by atoms with Gasteiger partial charge in [0.1, 0.15) is 24.6 Å². The summed E-state index contributed by atoms with van der Waals surface area (Å²) in [5.41, 5.74) is 3.61. The van der Waals surface area contributed by atoms with E-state index in [9.17, 15) is 24.3 Å². The summed E-state index contributed by atoms with van der Waals surface area (Å²) in [5, 5.41) is 16.9. The van der Waals surface area contributed by atoms with E-state index >= 15 is 0 Å². The molecular formula is C26H29N3O6. The standard InChI is InChI=1S/C26H29N3O6/c1-26(2,3)21(23(31)28-20-18(24(32)33)12-27-22(20)30)29-25(34)35-13-19-16-10-6-4-8-14(16)15-9-5-7-11-17(15)19/h4-11,18-21H,12-13H2,1-3H3,(H,27,30)(H,28,31)(H,29,34)(H,32,33)/t18?,20?,21-/m0/s1. The Bertz CT molecular complexity index is 1130. The second kappa shape index (κ2) is 9.40. The Morgan fingerprint density at radius 1 is 1.06 bits per heavy atom. The van der Waals surface area contributed by atoms with E-state index in [0.29, 0.717) is 0 Å². The molecule has 35 heavy (non-hydrogen) atoms. The van der Waals surface area contributed by atoms with Crippen molar-refractivity contribution in [3.63, 3.8) is 0 Å². The number of hydrogen-bond acceptors (Lipinski definition) is 5. The second-order valence-corrected chi connectivity index (χ2v) is 9.95. The van der Waals surface area contributed by atoms with Crippen molar-refractivity contribution in [3.8, 4) is 11.1 Å². The van der Waals surface area contributed by atoms with Crippen LogP contribution in [0.4, 0.5) is 4.79 Å². The fourth-order valence-electron chi connectivity index (χ4n) is 4.69. The van der Waals surface area contributed by atoms with Gasteiger partial charge in [-0.15, -0.1) is 0 Å². The average Bonchev–Trinajstić information content (AvgIpc) is 3.33. The van der Waals surface area contributed by atoms with Crippen LogP contribution in [0.1, 0.15) is 37.8 Å². The number of alkyl carbamates (subject to hydrolysis) is 1. The molecule has 184 valence electrons. The quantitative estimate of drug-likeness (QED) is 0.502. The zero-order valence-corrected chi connectivity index (χ0v) is 19.8. The first-order valence-corrected chi connectivity index (χ1v) is 11.5. The Labute approximate surface area is 203 Å². The predicted molar refractivity (Wildman–Crippen MR) is 128 cm³/mol. The van der Waals surface area contributed by atoms with Crippen molar-refractivity contribution in [2.75, 3.05) is 13.2 Å². The monoisotopic (exact) mass is 479 g/mol. The van der Waals surface area contributed by atoms with E-state index < -0.39 is 47.3 Å². The SMILES string of the molecule is CC(C)(C)[C@@H](NC(=O)OCC1c2ccccc2-c2ccccc21)C(=O)NC1C(=O)NCC1C(=O)O. The maximum Gasteiger partial charge on any atom is 0.407 e. The zero-order chi connectivity index (χ0) is 25.3. The van der Waals surface area contributed by atoms with Crippen LogP contribution < -0.4 is 16.0 Å². The molecule has 1 aliphatic carbocycles. The fourth-order valence-corrected chi connectivity index (χ4v) is 4.69. The number of amides is 3. The number of benzene rings is 2. The molecule has 1 saturated heterocycles. The van der Waals surface area contributed by atoms with Gasteiger partial charge in [0.15, 0.2) is 0 Å². The molecule has 2 aromatic rings. The highest BCUT2D eigenvalue weighted by atomic mass is 16.5. The maximum atomic E-state index is 13.0. The molecule has 9 heteroatoms. The smallest absolute Gasteiger partial charge is 0.407 e. The average molecular weight is 480 g/mol. The normalized spacial score (nSPS) is 19.8. The lowest BCUT2D eigenvalue weighted by atomic mass is 9.86. The van der Waals surface area contributed by atoms with Crippen LogP contribution in [-0.2, 0) is 19.1 Å². The number of carboxylic acids is 1. The molecule has 0 spiro atoms. The summed E-state index contributed by atoms with van der Waals surface area (Å²) < 4.78 is 5.56. The third-order valence-electron chi connectivity index (χ3n) is 6.53. The van der Waals surface area contributed by atoms with Crippen LogP contribution in [0.5, 0.6) is 0 Å². The van der Waals surface area contributed by atoms with Gasteiger partial charge in [0, 0.05) is 12.5 Å². The van der Waals surface area contributed by atoms with Gasteiger partial charge < -0.3 is 25.8 Å². The molecule has 3 amide bonds. The number of fused-ring (bicyclic) bond motifs is 3. The van der Waals surface area contributed by atoms with Crippen LogP contribution in [0, 0.1) is 11.3 Å². The van der Waals surface area contributed by atoms with Gasteiger partial charge in [-0.25, -0.2) is 4.79 Å². The number of ether oxygens (including phenoxy) is 1. The molecule has 1 aliphatic heterocycles. The molecule has 2 aliphatic rings. The van der Waals surface area contributed by atoms with Crippen molar-refractivity contribution in [1.29, 1.82) is 0 Å². The largest absolute Gasteiger partial charge is 0.481 e. The van der Waals surface area contributed by atoms with E-state index in [1.54, 1.807) is 20.8 Å². The third kappa shape index (κ3) is 4.84. The van der Waals surface area contributed by atoms with E-state index in [1.165, 1.54) is 0 Å². The molecule has 3 atom stereocenters. The van der Waals surface area contributed by atoms with Gasteiger partial charge in [-0.2, -0.15) is 0 Å². The Kier molecular flexibility index (Phi) is 6.51. The van der Waals surface area contributed by atoms with E-state index in [-0.39, 0.29) is 19.1 Å². The van der Waals surface area contributed by atoms with Crippen molar-refractivity contribution >= 4 is 23.9 Å². The molecule has 2 unspecified atom stereocenters. The van der Waals surface area contributed by atoms with Crippen LogP contribution in [-0.4, -0.2) is 54.2 Å².